The van der Waals surface area contributed by atoms with E-state index in [2.05, 4.69) is 15.5 Å². The van der Waals surface area contributed by atoms with E-state index >= 15 is 0 Å². The van der Waals surface area contributed by atoms with E-state index in [-0.39, 0.29) is 24.3 Å². The molecule has 1 saturated heterocycles. The van der Waals surface area contributed by atoms with Crippen LogP contribution in [0, 0.1) is 0 Å². The highest BCUT2D eigenvalue weighted by Crippen LogP contribution is 2.27. The standard InChI is InChI=1S/C20H18N4O3/c25-17(11-21-19(26)15-9-5-2-6-10-15)24-12-16(13-24)20-22-18(23-27-20)14-7-3-1-4-8-14/h1-10,16H,11-13H2,(H,21,26). The molecule has 1 aromatic heterocycles. The minimum Gasteiger partial charge on any atom is -0.343 e. The lowest BCUT2D eigenvalue weighted by Crippen LogP contribution is -2.51. The van der Waals surface area contributed by atoms with Gasteiger partial charge in [-0.05, 0) is 12.1 Å². The van der Waals surface area contributed by atoms with Crippen molar-refractivity contribution in [2.75, 3.05) is 19.6 Å². The van der Waals surface area contributed by atoms with Gasteiger partial charge in [0, 0.05) is 24.2 Å². The normalized spacial score (nSPS) is 13.9. The summed E-state index contributed by atoms with van der Waals surface area (Å²) in [5.74, 6) is 0.726. The predicted octanol–water partition coefficient (Wildman–Crippen LogP) is 2.09. The fourth-order valence-electron chi connectivity index (χ4n) is 2.90. The van der Waals surface area contributed by atoms with Gasteiger partial charge in [0.15, 0.2) is 0 Å². The van der Waals surface area contributed by atoms with E-state index < -0.39 is 0 Å². The maximum atomic E-state index is 12.2. The topological polar surface area (TPSA) is 88.3 Å². The van der Waals surface area contributed by atoms with Gasteiger partial charge in [0.25, 0.3) is 5.91 Å². The predicted molar refractivity (Wildman–Crippen MR) is 97.8 cm³/mol. The van der Waals surface area contributed by atoms with Crippen LogP contribution in [-0.2, 0) is 4.79 Å². The molecule has 0 bridgehead atoms. The van der Waals surface area contributed by atoms with Crippen molar-refractivity contribution in [2.45, 2.75) is 5.92 Å². The molecule has 7 nitrogen and oxygen atoms in total. The molecule has 0 atom stereocenters. The number of rotatable bonds is 5. The van der Waals surface area contributed by atoms with Crippen molar-refractivity contribution in [2.24, 2.45) is 0 Å². The van der Waals surface area contributed by atoms with Crippen LogP contribution in [0.1, 0.15) is 22.2 Å². The smallest absolute Gasteiger partial charge is 0.251 e. The van der Waals surface area contributed by atoms with Gasteiger partial charge >= 0.3 is 0 Å². The number of nitrogens with one attached hydrogen (secondary N) is 1. The zero-order chi connectivity index (χ0) is 18.6. The summed E-state index contributed by atoms with van der Waals surface area (Å²) in [7, 11) is 0. The van der Waals surface area contributed by atoms with Gasteiger partial charge in [-0.2, -0.15) is 4.98 Å². The number of hydrogen-bond acceptors (Lipinski definition) is 5. The van der Waals surface area contributed by atoms with Crippen LogP contribution in [0.15, 0.2) is 65.2 Å². The molecule has 1 fully saturated rings. The minimum atomic E-state index is -0.259. The molecule has 1 N–H and O–H groups in total. The second-order valence-electron chi connectivity index (χ2n) is 6.37. The van der Waals surface area contributed by atoms with Crippen LogP contribution in [0.25, 0.3) is 11.4 Å². The summed E-state index contributed by atoms with van der Waals surface area (Å²) < 4.78 is 5.34. The van der Waals surface area contributed by atoms with Crippen LogP contribution in [0.5, 0.6) is 0 Å². The molecule has 1 aliphatic rings. The first-order chi connectivity index (χ1) is 13.2. The molecule has 4 rings (SSSR count). The maximum absolute atomic E-state index is 12.2. The Balaban J connectivity index is 1.27. The summed E-state index contributed by atoms with van der Waals surface area (Å²) in [6.45, 7) is 0.993. The molecular formula is C20H18N4O3. The fraction of sp³-hybridized carbons (Fsp3) is 0.200. The van der Waals surface area contributed by atoms with E-state index in [1.54, 1.807) is 29.2 Å². The molecule has 7 heteroatoms. The Hall–Kier alpha value is -3.48. The third-order valence-corrected chi connectivity index (χ3v) is 4.49. The van der Waals surface area contributed by atoms with Crippen LogP contribution in [0.2, 0.25) is 0 Å². The number of nitrogens with zero attached hydrogens (tertiary/aromatic N) is 3. The molecule has 2 heterocycles. The highest BCUT2D eigenvalue weighted by molar-refractivity contribution is 5.96. The number of amides is 2. The summed E-state index contributed by atoms with van der Waals surface area (Å²) in [4.78, 5) is 30.3. The van der Waals surface area contributed by atoms with Crippen LogP contribution < -0.4 is 5.32 Å². The Morgan fingerprint density at radius 2 is 1.70 bits per heavy atom. The van der Waals surface area contributed by atoms with Crippen molar-refractivity contribution in [3.8, 4) is 11.4 Å². The molecule has 1 aliphatic heterocycles. The number of aromatic nitrogens is 2. The van der Waals surface area contributed by atoms with Crippen LogP contribution in [-0.4, -0.2) is 46.5 Å². The maximum Gasteiger partial charge on any atom is 0.251 e. The van der Waals surface area contributed by atoms with Crippen LogP contribution in [0.3, 0.4) is 0 Å². The Bertz CT molecular complexity index is 934. The molecule has 0 aliphatic carbocycles. The van der Waals surface area contributed by atoms with Crippen molar-refractivity contribution in [3.05, 3.63) is 72.1 Å². The molecule has 0 spiro atoms. The Labute approximate surface area is 156 Å². The van der Waals surface area contributed by atoms with Gasteiger partial charge in [0.1, 0.15) is 0 Å². The van der Waals surface area contributed by atoms with Crippen molar-refractivity contribution in [1.82, 2.24) is 20.4 Å². The summed E-state index contributed by atoms with van der Waals surface area (Å²) in [6.07, 6.45) is 0. The average Bonchev–Trinajstić information content (AvgIpc) is 3.16. The molecule has 3 aromatic rings. The monoisotopic (exact) mass is 362 g/mol. The molecular weight excluding hydrogens is 344 g/mol. The van der Waals surface area contributed by atoms with Crippen molar-refractivity contribution in [1.29, 1.82) is 0 Å². The zero-order valence-corrected chi connectivity index (χ0v) is 14.5. The highest BCUT2D eigenvalue weighted by Gasteiger charge is 2.35. The quantitative estimate of drug-likeness (QED) is 0.751. The first-order valence-electron chi connectivity index (χ1n) is 8.71. The number of carbonyl (C=O) groups is 2. The SMILES string of the molecule is O=C(NCC(=O)N1CC(c2nc(-c3ccccc3)no2)C1)c1ccccc1. The third kappa shape index (κ3) is 3.72. The number of benzene rings is 2. The van der Waals surface area contributed by atoms with Crippen LogP contribution >= 0.6 is 0 Å². The lowest BCUT2D eigenvalue weighted by Gasteiger charge is -2.37. The van der Waals surface area contributed by atoms with Crippen molar-refractivity contribution < 1.29 is 14.1 Å². The molecule has 0 saturated carbocycles. The van der Waals surface area contributed by atoms with Gasteiger partial charge in [0.05, 0.1) is 12.5 Å². The Kier molecular flexibility index (Phi) is 4.65. The van der Waals surface area contributed by atoms with E-state index in [0.717, 1.165) is 5.56 Å². The van der Waals surface area contributed by atoms with E-state index in [4.69, 9.17) is 4.52 Å². The first-order valence-corrected chi connectivity index (χ1v) is 8.71. The second kappa shape index (κ2) is 7.41. The fourth-order valence-corrected chi connectivity index (χ4v) is 2.90. The molecule has 0 unspecified atom stereocenters. The summed E-state index contributed by atoms with van der Waals surface area (Å²) in [5, 5.41) is 6.65. The van der Waals surface area contributed by atoms with Gasteiger partial charge in [-0.3, -0.25) is 9.59 Å². The number of carbonyl (C=O) groups excluding carboxylic acids is 2. The van der Waals surface area contributed by atoms with Gasteiger partial charge in [-0.25, -0.2) is 0 Å². The largest absolute Gasteiger partial charge is 0.343 e. The van der Waals surface area contributed by atoms with Crippen molar-refractivity contribution >= 4 is 11.8 Å². The van der Waals surface area contributed by atoms with Crippen LogP contribution in [0.4, 0.5) is 0 Å². The summed E-state index contributed by atoms with van der Waals surface area (Å²) in [5.41, 5.74) is 1.43. The molecule has 2 aromatic carbocycles. The van der Waals surface area contributed by atoms with E-state index in [1.807, 2.05) is 36.4 Å². The first kappa shape index (κ1) is 17.0. The van der Waals surface area contributed by atoms with Gasteiger partial charge < -0.3 is 14.7 Å². The third-order valence-electron chi connectivity index (χ3n) is 4.49. The van der Waals surface area contributed by atoms with Crippen molar-refractivity contribution in [3.63, 3.8) is 0 Å². The van der Waals surface area contributed by atoms with E-state index in [1.165, 1.54) is 0 Å². The van der Waals surface area contributed by atoms with Gasteiger partial charge in [0.2, 0.25) is 17.6 Å². The second-order valence-corrected chi connectivity index (χ2v) is 6.37. The molecule has 0 radical (unpaired) electrons. The molecule has 2 amide bonds. The van der Waals surface area contributed by atoms with Gasteiger partial charge in [-0.15, -0.1) is 0 Å². The van der Waals surface area contributed by atoms with Gasteiger partial charge in [-0.1, -0.05) is 53.7 Å². The number of likely N-dealkylation sites (tertiary alicyclic amines) is 1. The lowest BCUT2D eigenvalue weighted by atomic mass is 10.00. The highest BCUT2D eigenvalue weighted by atomic mass is 16.5. The lowest BCUT2D eigenvalue weighted by molar-refractivity contribution is -0.134. The van der Waals surface area contributed by atoms with E-state index in [0.29, 0.717) is 30.4 Å². The molecule has 136 valence electrons. The zero-order valence-electron chi connectivity index (χ0n) is 14.5. The Morgan fingerprint density at radius 3 is 2.41 bits per heavy atom. The summed E-state index contributed by atoms with van der Waals surface area (Å²) in [6, 6.07) is 18.4. The Morgan fingerprint density at radius 1 is 1.04 bits per heavy atom. The molecule has 27 heavy (non-hydrogen) atoms. The minimum absolute atomic E-state index is 0.0282. The summed E-state index contributed by atoms with van der Waals surface area (Å²) >= 11 is 0. The average molecular weight is 362 g/mol. The number of hydrogen-bond donors (Lipinski definition) is 1. The van der Waals surface area contributed by atoms with E-state index in [9.17, 15) is 9.59 Å².